The number of ether oxygens (including phenoxy) is 2. The van der Waals surface area contributed by atoms with Gasteiger partial charge in [0.05, 0.1) is 18.6 Å². The van der Waals surface area contributed by atoms with Crippen LogP contribution >= 0.6 is 27.3 Å². The average Bonchev–Trinajstić information content (AvgIpc) is 2.81. The molecular weight excluding hydrogens is 316 g/mol. The van der Waals surface area contributed by atoms with Crippen molar-refractivity contribution >= 4 is 27.3 Å². The summed E-state index contributed by atoms with van der Waals surface area (Å²) in [6.07, 6.45) is 0. The van der Waals surface area contributed by atoms with E-state index in [9.17, 15) is 5.11 Å². The lowest BCUT2D eigenvalue weighted by atomic mass is 10.2. The molecule has 0 saturated heterocycles. The van der Waals surface area contributed by atoms with Crippen LogP contribution in [0, 0.1) is 0 Å². The van der Waals surface area contributed by atoms with Gasteiger partial charge in [0.2, 0.25) is 0 Å². The van der Waals surface area contributed by atoms with Crippen molar-refractivity contribution in [3.8, 4) is 11.5 Å². The van der Waals surface area contributed by atoms with E-state index in [1.54, 1.807) is 36.6 Å². The minimum absolute atomic E-state index is 0.0507. The van der Waals surface area contributed by atoms with Crippen molar-refractivity contribution in [2.45, 2.75) is 13.2 Å². The highest BCUT2D eigenvalue weighted by molar-refractivity contribution is 9.10. The summed E-state index contributed by atoms with van der Waals surface area (Å²) in [4.78, 5) is 1.11. The Kier molecular flexibility index (Phi) is 4.63. The number of rotatable bonds is 5. The molecule has 1 aromatic carbocycles. The molecule has 0 fully saturated rings. The Bertz CT molecular complexity index is 525. The topological polar surface area (TPSA) is 38.7 Å². The van der Waals surface area contributed by atoms with Gasteiger partial charge in [0.25, 0.3) is 0 Å². The first-order valence-electron chi connectivity index (χ1n) is 5.37. The molecule has 0 atom stereocenters. The Morgan fingerprint density at radius 1 is 1.33 bits per heavy atom. The smallest absolute Gasteiger partial charge is 0.129 e. The minimum atomic E-state index is -0.0507. The summed E-state index contributed by atoms with van der Waals surface area (Å²) in [5.41, 5.74) is 0.753. The van der Waals surface area contributed by atoms with Gasteiger partial charge in [-0.05, 0) is 39.5 Å². The molecule has 0 bridgehead atoms. The number of aliphatic hydroxyl groups is 1. The molecule has 0 radical (unpaired) electrons. The molecular formula is C13H13BrO3S. The maximum absolute atomic E-state index is 9.27. The van der Waals surface area contributed by atoms with Crippen LogP contribution < -0.4 is 9.47 Å². The summed E-state index contributed by atoms with van der Waals surface area (Å²) in [6.45, 7) is 0.420. The van der Waals surface area contributed by atoms with Crippen LogP contribution in [0.1, 0.15) is 10.4 Å². The zero-order valence-electron chi connectivity index (χ0n) is 9.85. The van der Waals surface area contributed by atoms with Crippen LogP contribution in [-0.4, -0.2) is 12.2 Å². The zero-order valence-corrected chi connectivity index (χ0v) is 12.3. The van der Waals surface area contributed by atoms with Crippen molar-refractivity contribution in [2.75, 3.05) is 7.11 Å². The molecule has 3 nitrogen and oxygen atoms in total. The highest BCUT2D eigenvalue weighted by atomic mass is 79.9. The molecule has 0 aliphatic rings. The average molecular weight is 329 g/mol. The van der Waals surface area contributed by atoms with Gasteiger partial charge in [-0.15, -0.1) is 11.3 Å². The molecule has 0 saturated carbocycles. The Morgan fingerprint density at radius 2 is 2.17 bits per heavy atom. The molecule has 0 amide bonds. The van der Waals surface area contributed by atoms with Crippen molar-refractivity contribution in [3.63, 3.8) is 0 Å². The Labute approximate surface area is 118 Å². The lowest BCUT2D eigenvalue weighted by Gasteiger charge is -2.11. The second-order valence-electron chi connectivity index (χ2n) is 3.61. The number of thiophene rings is 1. The molecule has 5 heteroatoms. The molecule has 2 aromatic rings. The summed E-state index contributed by atoms with van der Waals surface area (Å²) in [7, 11) is 1.60. The van der Waals surface area contributed by atoms with E-state index >= 15 is 0 Å². The van der Waals surface area contributed by atoms with Crippen molar-refractivity contribution in [1.82, 2.24) is 0 Å². The SMILES string of the molecule is COc1ccc(CO)c(OCc2sccc2Br)c1. The van der Waals surface area contributed by atoms with E-state index in [1.165, 1.54) is 0 Å². The van der Waals surface area contributed by atoms with Crippen molar-refractivity contribution in [1.29, 1.82) is 0 Å². The van der Waals surface area contributed by atoms with Gasteiger partial charge in [0.1, 0.15) is 18.1 Å². The van der Waals surface area contributed by atoms with Gasteiger partial charge in [-0.3, -0.25) is 0 Å². The minimum Gasteiger partial charge on any atom is -0.497 e. The fourth-order valence-corrected chi connectivity index (χ4v) is 2.88. The van der Waals surface area contributed by atoms with Gasteiger partial charge in [-0.25, -0.2) is 0 Å². The molecule has 96 valence electrons. The van der Waals surface area contributed by atoms with Crippen molar-refractivity contribution in [2.24, 2.45) is 0 Å². The largest absolute Gasteiger partial charge is 0.497 e. The normalized spacial score (nSPS) is 10.4. The van der Waals surface area contributed by atoms with E-state index in [-0.39, 0.29) is 6.61 Å². The first-order chi connectivity index (χ1) is 8.74. The van der Waals surface area contributed by atoms with Crippen molar-refractivity contribution < 1.29 is 14.6 Å². The third-order valence-electron chi connectivity index (χ3n) is 2.49. The second kappa shape index (κ2) is 6.22. The van der Waals surface area contributed by atoms with E-state index in [0.717, 1.165) is 14.9 Å². The van der Waals surface area contributed by atoms with Crippen LogP contribution in [0.3, 0.4) is 0 Å². The molecule has 0 unspecified atom stereocenters. The van der Waals surface area contributed by atoms with Gasteiger partial charge in [0.15, 0.2) is 0 Å². The van der Waals surface area contributed by atoms with Gasteiger partial charge in [0, 0.05) is 16.1 Å². The number of hydrogen-bond acceptors (Lipinski definition) is 4. The lowest BCUT2D eigenvalue weighted by Crippen LogP contribution is -1.98. The molecule has 0 aliphatic heterocycles. The molecule has 1 heterocycles. The number of methoxy groups -OCH3 is 1. The summed E-state index contributed by atoms with van der Waals surface area (Å²) < 4.78 is 11.9. The number of aliphatic hydroxyl groups excluding tert-OH is 1. The summed E-state index contributed by atoms with van der Waals surface area (Å²) >= 11 is 5.09. The zero-order chi connectivity index (χ0) is 13.0. The monoisotopic (exact) mass is 328 g/mol. The van der Waals surface area contributed by atoms with Crippen LogP contribution in [0.5, 0.6) is 11.5 Å². The molecule has 0 spiro atoms. The first kappa shape index (κ1) is 13.4. The fourth-order valence-electron chi connectivity index (χ4n) is 1.50. The van der Waals surface area contributed by atoms with Crippen LogP contribution in [0.2, 0.25) is 0 Å². The second-order valence-corrected chi connectivity index (χ2v) is 5.47. The van der Waals surface area contributed by atoms with Gasteiger partial charge in [-0.1, -0.05) is 0 Å². The van der Waals surface area contributed by atoms with E-state index < -0.39 is 0 Å². The Balaban J connectivity index is 2.14. The van der Waals surface area contributed by atoms with Crippen LogP contribution in [0.25, 0.3) is 0 Å². The number of halogens is 1. The molecule has 2 rings (SSSR count). The molecule has 1 aromatic heterocycles. The summed E-state index contributed by atoms with van der Waals surface area (Å²) in [5.74, 6) is 1.37. The molecule has 1 N–H and O–H groups in total. The number of hydrogen-bond donors (Lipinski definition) is 1. The standard InChI is InChI=1S/C13H13BrO3S/c1-16-10-3-2-9(7-15)12(6-10)17-8-13-11(14)4-5-18-13/h2-6,15H,7-8H2,1H3. The third kappa shape index (κ3) is 3.04. The molecule has 18 heavy (non-hydrogen) atoms. The molecule has 0 aliphatic carbocycles. The Hall–Kier alpha value is -1.04. The lowest BCUT2D eigenvalue weighted by molar-refractivity contribution is 0.259. The predicted octanol–water partition coefficient (Wildman–Crippen LogP) is 3.59. The van der Waals surface area contributed by atoms with E-state index in [4.69, 9.17) is 9.47 Å². The highest BCUT2D eigenvalue weighted by Gasteiger charge is 2.07. The first-order valence-corrected chi connectivity index (χ1v) is 7.04. The summed E-state index contributed by atoms with van der Waals surface area (Å²) in [6, 6.07) is 7.38. The van der Waals surface area contributed by atoms with E-state index in [0.29, 0.717) is 18.1 Å². The van der Waals surface area contributed by atoms with E-state index in [2.05, 4.69) is 15.9 Å². The van der Waals surface area contributed by atoms with Crippen LogP contribution in [0.4, 0.5) is 0 Å². The third-order valence-corrected chi connectivity index (χ3v) is 4.39. The fraction of sp³-hybridized carbons (Fsp3) is 0.231. The highest BCUT2D eigenvalue weighted by Crippen LogP contribution is 2.28. The maximum atomic E-state index is 9.27. The predicted molar refractivity (Wildman–Crippen MR) is 75.3 cm³/mol. The Morgan fingerprint density at radius 3 is 2.78 bits per heavy atom. The van der Waals surface area contributed by atoms with Gasteiger partial charge >= 0.3 is 0 Å². The number of benzene rings is 1. The summed E-state index contributed by atoms with van der Waals surface area (Å²) in [5, 5.41) is 11.3. The quantitative estimate of drug-likeness (QED) is 0.911. The maximum Gasteiger partial charge on any atom is 0.129 e. The van der Waals surface area contributed by atoms with Crippen LogP contribution in [-0.2, 0) is 13.2 Å². The van der Waals surface area contributed by atoms with Gasteiger partial charge < -0.3 is 14.6 Å². The van der Waals surface area contributed by atoms with Crippen LogP contribution in [0.15, 0.2) is 34.1 Å². The van der Waals surface area contributed by atoms with Crippen molar-refractivity contribution in [3.05, 3.63) is 44.6 Å². The van der Waals surface area contributed by atoms with E-state index in [1.807, 2.05) is 11.4 Å². The van der Waals surface area contributed by atoms with Gasteiger partial charge in [-0.2, -0.15) is 0 Å².